The zero-order valence-corrected chi connectivity index (χ0v) is 19.7. The zero-order valence-electron chi connectivity index (χ0n) is 19.7. The summed E-state index contributed by atoms with van der Waals surface area (Å²) in [5.41, 5.74) is 2.87. The van der Waals surface area contributed by atoms with Crippen LogP contribution in [0.25, 0.3) is 0 Å². The molecule has 3 aromatic rings. The van der Waals surface area contributed by atoms with E-state index in [-0.39, 0.29) is 18.6 Å². The number of hydrogen-bond donors (Lipinski definition) is 2. The minimum absolute atomic E-state index is 0.00546. The third-order valence-corrected chi connectivity index (χ3v) is 5.43. The standard InChI is InChI=1S/C28H32N2O4/c1-3-21(2)29-27(31)26(30-28(32)34-20-24-12-8-5-9-13-24)18-22-14-16-25(17-15-22)33-19-23-10-6-4-7-11-23/h4-17,21,26H,3,18-20H2,1-2H3,(H,29,31)(H,30,32)/t21-,26-/m1/s1. The molecule has 3 aromatic carbocycles. The smallest absolute Gasteiger partial charge is 0.408 e. The monoisotopic (exact) mass is 460 g/mol. The largest absolute Gasteiger partial charge is 0.489 e. The normalized spacial score (nSPS) is 12.3. The molecular weight excluding hydrogens is 428 g/mol. The molecule has 2 atom stereocenters. The van der Waals surface area contributed by atoms with Crippen LogP contribution in [0.3, 0.4) is 0 Å². The Hall–Kier alpha value is -3.80. The molecule has 0 bridgehead atoms. The number of benzene rings is 3. The molecule has 0 unspecified atom stereocenters. The SMILES string of the molecule is CC[C@@H](C)NC(=O)[C@@H](Cc1ccc(OCc2ccccc2)cc1)NC(=O)OCc1ccccc1. The number of carbonyl (C=O) groups is 2. The fourth-order valence-electron chi connectivity index (χ4n) is 3.26. The number of hydrogen-bond acceptors (Lipinski definition) is 4. The fourth-order valence-corrected chi connectivity index (χ4v) is 3.26. The molecule has 0 saturated carbocycles. The van der Waals surface area contributed by atoms with E-state index in [0.29, 0.717) is 13.0 Å². The van der Waals surface area contributed by atoms with Gasteiger partial charge in [0.25, 0.3) is 0 Å². The van der Waals surface area contributed by atoms with Crippen molar-refractivity contribution in [3.8, 4) is 5.75 Å². The molecule has 0 fully saturated rings. The molecule has 2 amide bonds. The Morgan fingerprint density at radius 3 is 1.94 bits per heavy atom. The molecule has 0 radical (unpaired) electrons. The molecule has 0 aliphatic carbocycles. The van der Waals surface area contributed by atoms with Gasteiger partial charge in [0, 0.05) is 12.5 Å². The van der Waals surface area contributed by atoms with Crippen LogP contribution in [0.15, 0.2) is 84.9 Å². The highest BCUT2D eigenvalue weighted by atomic mass is 16.5. The third-order valence-electron chi connectivity index (χ3n) is 5.43. The van der Waals surface area contributed by atoms with Gasteiger partial charge < -0.3 is 20.1 Å². The highest BCUT2D eigenvalue weighted by molar-refractivity contribution is 5.86. The van der Waals surface area contributed by atoms with E-state index in [1.807, 2.05) is 98.8 Å². The lowest BCUT2D eigenvalue weighted by Crippen LogP contribution is -2.50. The number of rotatable bonds is 11. The fraction of sp³-hybridized carbons (Fsp3) is 0.286. The van der Waals surface area contributed by atoms with Gasteiger partial charge in [0.15, 0.2) is 0 Å². The van der Waals surface area contributed by atoms with E-state index in [9.17, 15) is 9.59 Å². The van der Waals surface area contributed by atoms with Crippen LogP contribution in [0.2, 0.25) is 0 Å². The molecule has 0 spiro atoms. The average molecular weight is 461 g/mol. The molecule has 0 aliphatic rings. The maximum Gasteiger partial charge on any atom is 0.408 e. The molecule has 0 aromatic heterocycles. The van der Waals surface area contributed by atoms with Crippen LogP contribution < -0.4 is 15.4 Å². The summed E-state index contributed by atoms with van der Waals surface area (Å²) in [5.74, 6) is 0.499. The Kier molecular flexibility index (Phi) is 9.52. The Balaban J connectivity index is 1.59. The van der Waals surface area contributed by atoms with Crippen molar-refractivity contribution in [2.45, 2.75) is 52.0 Å². The van der Waals surface area contributed by atoms with Gasteiger partial charge in [-0.05, 0) is 42.2 Å². The van der Waals surface area contributed by atoms with Gasteiger partial charge in [0.2, 0.25) is 5.91 Å². The van der Waals surface area contributed by atoms with Crippen LogP contribution in [0.5, 0.6) is 5.75 Å². The second kappa shape index (κ2) is 13.0. The van der Waals surface area contributed by atoms with E-state index < -0.39 is 12.1 Å². The molecule has 0 aliphatic heterocycles. The van der Waals surface area contributed by atoms with Gasteiger partial charge in [-0.1, -0.05) is 79.7 Å². The summed E-state index contributed by atoms with van der Waals surface area (Å²) in [7, 11) is 0. The summed E-state index contributed by atoms with van der Waals surface area (Å²) in [4.78, 5) is 25.3. The van der Waals surface area contributed by atoms with Crippen molar-refractivity contribution < 1.29 is 19.1 Å². The lowest BCUT2D eigenvalue weighted by molar-refractivity contribution is -0.123. The summed E-state index contributed by atoms with van der Waals surface area (Å²) in [6, 6.07) is 26.2. The maximum absolute atomic E-state index is 12.8. The number of alkyl carbamates (subject to hydrolysis) is 1. The first-order valence-corrected chi connectivity index (χ1v) is 11.6. The van der Waals surface area contributed by atoms with Gasteiger partial charge in [-0.2, -0.15) is 0 Å². The van der Waals surface area contributed by atoms with Gasteiger partial charge in [-0.25, -0.2) is 4.79 Å². The van der Waals surface area contributed by atoms with E-state index in [1.165, 1.54) is 0 Å². The molecule has 3 rings (SSSR count). The molecule has 34 heavy (non-hydrogen) atoms. The zero-order chi connectivity index (χ0) is 24.2. The van der Waals surface area contributed by atoms with E-state index in [2.05, 4.69) is 10.6 Å². The van der Waals surface area contributed by atoms with Gasteiger partial charge >= 0.3 is 6.09 Å². The summed E-state index contributed by atoms with van der Waals surface area (Å²) >= 11 is 0. The first-order valence-electron chi connectivity index (χ1n) is 11.6. The predicted octanol–water partition coefficient (Wildman–Crippen LogP) is 5.02. The number of amides is 2. The minimum atomic E-state index is -0.756. The average Bonchev–Trinajstić information content (AvgIpc) is 2.87. The summed E-state index contributed by atoms with van der Waals surface area (Å²) in [6.45, 7) is 4.55. The van der Waals surface area contributed by atoms with Gasteiger partial charge in [0.05, 0.1) is 0 Å². The van der Waals surface area contributed by atoms with Crippen LogP contribution in [0, 0.1) is 0 Å². The van der Waals surface area contributed by atoms with Crippen molar-refractivity contribution >= 4 is 12.0 Å². The second-order valence-electron chi connectivity index (χ2n) is 8.20. The van der Waals surface area contributed by atoms with Crippen molar-refractivity contribution in [2.75, 3.05) is 0 Å². The number of carbonyl (C=O) groups excluding carboxylic acids is 2. The Labute approximate surface area is 201 Å². The number of ether oxygens (including phenoxy) is 2. The summed E-state index contributed by atoms with van der Waals surface area (Å²) < 4.78 is 11.2. The van der Waals surface area contributed by atoms with Crippen molar-refractivity contribution in [1.82, 2.24) is 10.6 Å². The van der Waals surface area contributed by atoms with Crippen molar-refractivity contribution in [1.29, 1.82) is 0 Å². The Bertz CT molecular complexity index is 1020. The maximum atomic E-state index is 12.8. The van der Waals surface area contributed by atoms with Gasteiger partial charge in [0.1, 0.15) is 25.0 Å². The van der Waals surface area contributed by atoms with Crippen molar-refractivity contribution in [3.05, 3.63) is 102 Å². The molecule has 0 heterocycles. The molecule has 178 valence electrons. The van der Waals surface area contributed by atoms with Crippen LogP contribution in [0.4, 0.5) is 4.79 Å². The summed E-state index contributed by atoms with van der Waals surface area (Å²) in [6.07, 6.45) is 0.502. The summed E-state index contributed by atoms with van der Waals surface area (Å²) in [5, 5.41) is 5.67. The lowest BCUT2D eigenvalue weighted by Gasteiger charge is -2.21. The lowest BCUT2D eigenvalue weighted by atomic mass is 10.0. The van der Waals surface area contributed by atoms with E-state index in [0.717, 1.165) is 28.9 Å². The van der Waals surface area contributed by atoms with Crippen LogP contribution >= 0.6 is 0 Å². The Morgan fingerprint density at radius 2 is 1.35 bits per heavy atom. The third kappa shape index (κ3) is 8.28. The topological polar surface area (TPSA) is 76.7 Å². The Morgan fingerprint density at radius 1 is 0.765 bits per heavy atom. The highest BCUT2D eigenvalue weighted by Crippen LogP contribution is 2.16. The molecule has 6 nitrogen and oxygen atoms in total. The first-order chi connectivity index (χ1) is 16.5. The highest BCUT2D eigenvalue weighted by Gasteiger charge is 2.23. The van der Waals surface area contributed by atoms with Crippen molar-refractivity contribution in [2.24, 2.45) is 0 Å². The molecule has 6 heteroatoms. The second-order valence-corrected chi connectivity index (χ2v) is 8.20. The van der Waals surface area contributed by atoms with Crippen LogP contribution in [-0.4, -0.2) is 24.1 Å². The van der Waals surface area contributed by atoms with Crippen LogP contribution in [0.1, 0.15) is 37.0 Å². The van der Waals surface area contributed by atoms with Gasteiger partial charge in [-0.3, -0.25) is 4.79 Å². The minimum Gasteiger partial charge on any atom is -0.489 e. The van der Waals surface area contributed by atoms with Gasteiger partial charge in [-0.15, -0.1) is 0 Å². The molecule has 0 saturated heterocycles. The first kappa shape index (κ1) is 24.8. The number of nitrogens with one attached hydrogen (secondary N) is 2. The predicted molar refractivity (Wildman–Crippen MR) is 132 cm³/mol. The van der Waals surface area contributed by atoms with Crippen molar-refractivity contribution in [3.63, 3.8) is 0 Å². The quantitative estimate of drug-likeness (QED) is 0.421. The van der Waals surface area contributed by atoms with E-state index >= 15 is 0 Å². The van der Waals surface area contributed by atoms with Crippen LogP contribution in [-0.2, 0) is 29.2 Å². The molecular formula is C28H32N2O4. The van der Waals surface area contributed by atoms with E-state index in [1.54, 1.807) is 0 Å². The molecule has 2 N–H and O–H groups in total. The van der Waals surface area contributed by atoms with E-state index in [4.69, 9.17) is 9.47 Å².